The molecule has 1 amide bonds. The fourth-order valence-electron chi connectivity index (χ4n) is 2.44. The van der Waals surface area contributed by atoms with Crippen LogP contribution in [0.4, 0.5) is 0 Å². The average molecular weight is 447 g/mol. The third-order valence-corrected chi connectivity index (χ3v) is 6.26. The van der Waals surface area contributed by atoms with Gasteiger partial charge in [-0.05, 0) is 61.7 Å². The minimum absolute atomic E-state index is 0.143. The summed E-state index contributed by atoms with van der Waals surface area (Å²) in [6, 6.07) is 9.28. The zero-order valence-corrected chi connectivity index (χ0v) is 18.5. The molecular formula is C20H22Cl3NO2S. The van der Waals surface area contributed by atoms with Crippen molar-refractivity contribution in [2.75, 3.05) is 12.3 Å². The van der Waals surface area contributed by atoms with Crippen LogP contribution in [0, 0.1) is 13.8 Å². The van der Waals surface area contributed by atoms with Gasteiger partial charge in [-0.25, -0.2) is 0 Å². The second-order valence-electron chi connectivity index (χ2n) is 6.22. The second-order valence-corrected chi connectivity index (χ2v) is 8.52. The number of aryl methyl sites for hydroxylation is 2. The Morgan fingerprint density at radius 3 is 2.41 bits per heavy atom. The minimum Gasteiger partial charge on any atom is -0.481 e. The van der Waals surface area contributed by atoms with Crippen LogP contribution >= 0.6 is 46.6 Å². The number of thioether (sulfide) groups is 1. The van der Waals surface area contributed by atoms with E-state index in [0.29, 0.717) is 22.3 Å². The molecule has 0 spiro atoms. The first-order chi connectivity index (χ1) is 12.8. The molecule has 0 aromatic heterocycles. The summed E-state index contributed by atoms with van der Waals surface area (Å²) < 4.78 is 5.74. The number of hydrogen-bond acceptors (Lipinski definition) is 3. The summed E-state index contributed by atoms with van der Waals surface area (Å²) in [5.74, 6) is 2.10. The lowest BCUT2D eigenvalue weighted by Crippen LogP contribution is -2.37. The molecule has 0 unspecified atom stereocenters. The topological polar surface area (TPSA) is 38.3 Å². The number of carbonyl (C=O) groups is 1. The van der Waals surface area contributed by atoms with Gasteiger partial charge in [-0.2, -0.15) is 11.8 Å². The molecule has 1 N–H and O–H groups in total. The van der Waals surface area contributed by atoms with E-state index in [0.717, 1.165) is 33.2 Å². The summed E-state index contributed by atoms with van der Waals surface area (Å²) >= 11 is 19.8. The van der Waals surface area contributed by atoms with Crippen LogP contribution in [0.1, 0.15) is 23.6 Å². The molecule has 0 bridgehead atoms. The molecule has 0 aliphatic carbocycles. The van der Waals surface area contributed by atoms with E-state index in [1.807, 2.05) is 38.1 Å². The maximum Gasteiger partial charge on any atom is 0.260 e. The summed E-state index contributed by atoms with van der Waals surface area (Å²) in [5, 5.41) is 4.72. The highest BCUT2D eigenvalue weighted by molar-refractivity contribution is 7.98. The first-order valence-corrected chi connectivity index (χ1v) is 10.8. The van der Waals surface area contributed by atoms with Crippen LogP contribution in [0.5, 0.6) is 5.75 Å². The van der Waals surface area contributed by atoms with Crippen molar-refractivity contribution in [3.05, 3.63) is 62.1 Å². The molecular weight excluding hydrogens is 425 g/mol. The number of ether oxygens (including phenoxy) is 1. The molecule has 7 heteroatoms. The smallest absolute Gasteiger partial charge is 0.260 e. The van der Waals surface area contributed by atoms with E-state index in [2.05, 4.69) is 5.32 Å². The lowest BCUT2D eigenvalue weighted by molar-refractivity contribution is -0.127. The number of halogens is 3. The first kappa shape index (κ1) is 22.2. The van der Waals surface area contributed by atoms with Crippen LogP contribution in [0.3, 0.4) is 0 Å². The molecule has 146 valence electrons. The number of nitrogens with one attached hydrogen (secondary N) is 1. The standard InChI is InChI=1S/C20H22Cl3NO2S/c1-12-8-16(9-13(2)19(12)23)26-14(3)20(25)24-6-7-27-11-15-4-5-17(21)18(22)10-15/h4-5,8-10,14H,6-7,11H2,1-3H3,(H,24,25)/t14-/m0/s1. The number of benzene rings is 2. The van der Waals surface area contributed by atoms with E-state index in [9.17, 15) is 4.79 Å². The Labute approximate surface area is 179 Å². The summed E-state index contributed by atoms with van der Waals surface area (Å²) in [5.41, 5.74) is 2.96. The van der Waals surface area contributed by atoms with Crippen molar-refractivity contribution >= 4 is 52.5 Å². The minimum atomic E-state index is -0.579. The van der Waals surface area contributed by atoms with Gasteiger partial charge in [0.1, 0.15) is 5.75 Å². The Kier molecular flexibility index (Phi) is 8.62. The first-order valence-electron chi connectivity index (χ1n) is 8.50. The largest absolute Gasteiger partial charge is 0.481 e. The average Bonchev–Trinajstić information content (AvgIpc) is 2.62. The third-order valence-electron chi connectivity index (χ3n) is 3.89. The van der Waals surface area contributed by atoms with Crippen molar-refractivity contribution in [1.82, 2.24) is 5.32 Å². The molecule has 2 aromatic carbocycles. The molecule has 27 heavy (non-hydrogen) atoms. The van der Waals surface area contributed by atoms with Gasteiger partial charge in [0.05, 0.1) is 10.0 Å². The summed E-state index contributed by atoms with van der Waals surface area (Å²) in [6.07, 6.45) is -0.579. The molecule has 2 rings (SSSR count). The summed E-state index contributed by atoms with van der Waals surface area (Å²) in [4.78, 5) is 12.2. The van der Waals surface area contributed by atoms with Gasteiger partial charge in [-0.1, -0.05) is 40.9 Å². The molecule has 1 atom stereocenters. The molecule has 0 aliphatic rings. The van der Waals surface area contributed by atoms with E-state index >= 15 is 0 Å². The summed E-state index contributed by atoms with van der Waals surface area (Å²) in [7, 11) is 0. The number of rotatable bonds is 8. The van der Waals surface area contributed by atoms with Gasteiger partial charge >= 0.3 is 0 Å². The Morgan fingerprint density at radius 2 is 1.78 bits per heavy atom. The number of hydrogen-bond donors (Lipinski definition) is 1. The van der Waals surface area contributed by atoms with Crippen molar-refractivity contribution < 1.29 is 9.53 Å². The maximum absolute atomic E-state index is 12.2. The van der Waals surface area contributed by atoms with E-state index < -0.39 is 6.10 Å². The molecule has 0 heterocycles. The Morgan fingerprint density at radius 1 is 1.11 bits per heavy atom. The highest BCUT2D eigenvalue weighted by Crippen LogP contribution is 2.26. The molecule has 0 saturated heterocycles. The van der Waals surface area contributed by atoms with Gasteiger partial charge in [0.25, 0.3) is 5.91 Å². The monoisotopic (exact) mass is 445 g/mol. The highest BCUT2D eigenvalue weighted by atomic mass is 35.5. The lowest BCUT2D eigenvalue weighted by atomic mass is 10.1. The highest BCUT2D eigenvalue weighted by Gasteiger charge is 2.15. The Balaban J connectivity index is 1.72. The van der Waals surface area contributed by atoms with Gasteiger partial charge in [-0.3, -0.25) is 4.79 Å². The fraction of sp³-hybridized carbons (Fsp3) is 0.350. The van der Waals surface area contributed by atoms with E-state index in [-0.39, 0.29) is 5.91 Å². The van der Waals surface area contributed by atoms with Crippen LogP contribution in [0.15, 0.2) is 30.3 Å². The van der Waals surface area contributed by atoms with Crippen molar-refractivity contribution in [2.45, 2.75) is 32.6 Å². The summed E-state index contributed by atoms with van der Waals surface area (Å²) in [6.45, 7) is 6.13. The van der Waals surface area contributed by atoms with Gasteiger partial charge < -0.3 is 10.1 Å². The second kappa shape index (κ2) is 10.5. The van der Waals surface area contributed by atoms with E-state index in [1.54, 1.807) is 24.8 Å². The van der Waals surface area contributed by atoms with Gasteiger partial charge in [-0.15, -0.1) is 0 Å². The van der Waals surface area contributed by atoms with E-state index in [4.69, 9.17) is 39.5 Å². The van der Waals surface area contributed by atoms with Crippen LogP contribution in [-0.2, 0) is 10.5 Å². The zero-order chi connectivity index (χ0) is 20.0. The zero-order valence-electron chi connectivity index (χ0n) is 15.4. The number of carbonyl (C=O) groups excluding carboxylic acids is 1. The van der Waals surface area contributed by atoms with Crippen molar-refractivity contribution in [1.29, 1.82) is 0 Å². The normalized spacial score (nSPS) is 11.9. The maximum atomic E-state index is 12.2. The quantitative estimate of drug-likeness (QED) is 0.499. The van der Waals surface area contributed by atoms with Crippen molar-refractivity contribution in [2.24, 2.45) is 0 Å². The van der Waals surface area contributed by atoms with Crippen LogP contribution in [0.25, 0.3) is 0 Å². The fourth-order valence-corrected chi connectivity index (χ4v) is 3.68. The lowest BCUT2D eigenvalue weighted by Gasteiger charge is -2.16. The predicted molar refractivity (Wildman–Crippen MR) is 117 cm³/mol. The van der Waals surface area contributed by atoms with Crippen LogP contribution < -0.4 is 10.1 Å². The molecule has 0 fully saturated rings. The Hall–Kier alpha value is -1.07. The van der Waals surface area contributed by atoms with Crippen molar-refractivity contribution in [3.8, 4) is 5.75 Å². The molecule has 0 saturated carbocycles. The molecule has 3 nitrogen and oxygen atoms in total. The van der Waals surface area contributed by atoms with Crippen LogP contribution in [-0.4, -0.2) is 24.3 Å². The van der Waals surface area contributed by atoms with Crippen LogP contribution in [0.2, 0.25) is 15.1 Å². The predicted octanol–water partition coefficient (Wildman–Crippen LogP) is 6.08. The van der Waals surface area contributed by atoms with E-state index in [1.165, 1.54) is 0 Å². The van der Waals surface area contributed by atoms with Gasteiger partial charge in [0.2, 0.25) is 0 Å². The van der Waals surface area contributed by atoms with Gasteiger partial charge in [0.15, 0.2) is 6.10 Å². The Bertz CT molecular complexity index is 791. The molecule has 0 aliphatic heterocycles. The van der Waals surface area contributed by atoms with Gasteiger partial charge in [0, 0.05) is 23.1 Å². The van der Waals surface area contributed by atoms with Crippen molar-refractivity contribution in [3.63, 3.8) is 0 Å². The molecule has 0 radical (unpaired) electrons. The molecule has 2 aromatic rings. The SMILES string of the molecule is Cc1cc(O[C@@H](C)C(=O)NCCSCc2ccc(Cl)c(Cl)c2)cc(C)c1Cl. The number of amides is 1. The third kappa shape index (κ3) is 6.79.